The molecule has 26 heavy (non-hydrogen) atoms. The van der Waals surface area contributed by atoms with E-state index < -0.39 is 0 Å². The molecule has 2 aromatic rings. The molecule has 0 aliphatic rings. The van der Waals surface area contributed by atoms with Crippen molar-refractivity contribution in [1.29, 1.82) is 0 Å². The Bertz CT molecular complexity index is 726. The van der Waals surface area contributed by atoms with Crippen molar-refractivity contribution >= 4 is 41.5 Å². The van der Waals surface area contributed by atoms with Crippen LogP contribution in [0.2, 0.25) is 0 Å². The average molecular weight is 466 g/mol. The molecule has 1 atom stereocenters. The molecule has 1 amide bonds. The molecule has 0 bridgehead atoms. The lowest BCUT2D eigenvalue weighted by Crippen LogP contribution is -2.22. The van der Waals surface area contributed by atoms with Crippen molar-refractivity contribution in [3.63, 3.8) is 0 Å². The highest BCUT2D eigenvalue weighted by molar-refractivity contribution is 14.0. The highest BCUT2D eigenvalue weighted by atomic mass is 127. The van der Waals surface area contributed by atoms with Crippen molar-refractivity contribution in [2.75, 3.05) is 12.4 Å². The predicted molar refractivity (Wildman–Crippen MR) is 119 cm³/mol. The number of rotatable bonds is 6. The predicted octanol–water partition coefficient (Wildman–Crippen LogP) is 4.10. The van der Waals surface area contributed by atoms with E-state index in [4.69, 9.17) is 5.73 Å². The first-order valence-corrected chi connectivity index (χ1v) is 8.51. The third-order valence-corrected chi connectivity index (χ3v) is 4.24. The number of hydrogen-bond acceptors (Lipinski definition) is 2. The van der Waals surface area contributed by atoms with Gasteiger partial charge in [0, 0.05) is 18.3 Å². The van der Waals surface area contributed by atoms with Gasteiger partial charge >= 0.3 is 0 Å². The van der Waals surface area contributed by atoms with E-state index in [1.165, 1.54) is 5.56 Å². The fraction of sp³-hybridized carbons (Fsp3) is 0.300. The van der Waals surface area contributed by atoms with Gasteiger partial charge in [-0.2, -0.15) is 0 Å². The van der Waals surface area contributed by atoms with Gasteiger partial charge in [0.15, 0.2) is 5.96 Å². The van der Waals surface area contributed by atoms with Crippen LogP contribution in [0.3, 0.4) is 0 Å². The Hall–Kier alpha value is -2.09. The molecule has 6 heteroatoms. The molecule has 0 radical (unpaired) electrons. The van der Waals surface area contributed by atoms with Crippen molar-refractivity contribution in [3.8, 4) is 0 Å². The van der Waals surface area contributed by atoms with Crippen molar-refractivity contribution in [1.82, 2.24) is 5.32 Å². The number of amides is 1. The zero-order chi connectivity index (χ0) is 18.2. The second-order valence-electron chi connectivity index (χ2n) is 6.03. The molecule has 0 saturated carbocycles. The molecule has 0 aromatic heterocycles. The molecule has 2 aromatic carbocycles. The number of hydrogen-bond donors (Lipinski definition) is 3. The normalized spacial score (nSPS) is 12.0. The van der Waals surface area contributed by atoms with E-state index in [1.807, 2.05) is 24.3 Å². The Morgan fingerprint density at radius 1 is 1.12 bits per heavy atom. The Balaban J connectivity index is 0.00000338. The van der Waals surface area contributed by atoms with E-state index in [0.29, 0.717) is 24.0 Å². The van der Waals surface area contributed by atoms with E-state index in [1.54, 1.807) is 19.2 Å². The van der Waals surface area contributed by atoms with E-state index in [2.05, 4.69) is 41.6 Å². The van der Waals surface area contributed by atoms with Crippen LogP contribution in [0.5, 0.6) is 0 Å². The highest BCUT2D eigenvalue weighted by Gasteiger charge is 2.04. The summed E-state index contributed by atoms with van der Waals surface area (Å²) in [5, 5.41) is 5.69. The van der Waals surface area contributed by atoms with Crippen LogP contribution in [-0.2, 0) is 6.54 Å². The quantitative estimate of drug-likeness (QED) is 0.341. The Morgan fingerprint density at radius 3 is 2.27 bits per heavy atom. The molecule has 0 fully saturated rings. The monoisotopic (exact) mass is 466 g/mol. The number of guanidine groups is 1. The first-order chi connectivity index (χ1) is 12.0. The average Bonchev–Trinajstić information content (AvgIpc) is 2.66. The summed E-state index contributed by atoms with van der Waals surface area (Å²) in [5.41, 5.74) is 9.81. The number of nitrogens with two attached hydrogens (primary N) is 1. The maximum Gasteiger partial charge on any atom is 0.251 e. The standard InChI is InChI=1S/C20H26N4O.HI/c1-4-14(2)16-9-11-18(12-10-16)24-20(21)23-13-15-5-7-17(8-6-15)19(25)22-3;/h5-12,14H,4,13H2,1-3H3,(H,22,25)(H3,21,23,24);1H. The van der Waals surface area contributed by atoms with Gasteiger partial charge in [0.1, 0.15) is 0 Å². The third kappa shape index (κ3) is 6.33. The minimum Gasteiger partial charge on any atom is -0.370 e. The van der Waals surface area contributed by atoms with Crippen LogP contribution in [0.4, 0.5) is 5.69 Å². The molecule has 5 nitrogen and oxygen atoms in total. The Morgan fingerprint density at radius 2 is 1.73 bits per heavy atom. The number of aliphatic imine (C=N–C) groups is 1. The molecule has 0 spiro atoms. The van der Waals surface area contributed by atoms with Gasteiger partial charge in [-0.15, -0.1) is 24.0 Å². The number of benzene rings is 2. The van der Waals surface area contributed by atoms with E-state index in [9.17, 15) is 4.79 Å². The number of anilines is 1. The smallest absolute Gasteiger partial charge is 0.251 e. The van der Waals surface area contributed by atoms with Gasteiger partial charge in [0.05, 0.1) is 6.54 Å². The number of halogens is 1. The van der Waals surface area contributed by atoms with Gasteiger partial charge < -0.3 is 16.4 Å². The second-order valence-corrected chi connectivity index (χ2v) is 6.03. The van der Waals surface area contributed by atoms with E-state index in [-0.39, 0.29) is 29.9 Å². The molecule has 1 unspecified atom stereocenters. The van der Waals surface area contributed by atoms with Crippen LogP contribution in [0.15, 0.2) is 53.5 Å². The fourth-order valence-electron chi connectivity index (χ4n) is 2.40. The molecule has 0 aliphatic carbocycles. The zero-order valence-electron chi connectivity index (χ0n) is 15.5. The van der Waals surface area contributed by atoms with Gasteiger partial charge in [-0.25, -0.2) is 4.99 Å². The van der Waals surface area contributed by atoms with Gasteiger partial charge in [-0.05, 0) is 47.7 Å². The van der Waals surface area contributed by atoms with Gasteiger partial charge in [-0.3, -0.25) is 4.79 Å². The van der Waals surface area contributed by atoms with Crippen LogP contribution in [-0.4, -0.2) is 18.9 Å². The summed E-state index contributed by atoms with van der Waals surface area (Å²) in [6.45, 7) is 4.86. The summed E-state index contributed by atoms with van der Waals surface area (Å²) in [5.74, 6) is 0.821. The molecule has 2 rings (SSSR count). The summed E-state index contributed by atoms with van der Waals surface area (Å²) in [6.07, 6.45) is 1.12. The van der Waals surface area contributed by atoms with Crippen LogP contribution < -0.4 is 16.4 Å². The molecule has 0 aliphatic heterocycles. The fourth-order valence-corrected chi connectivity index (χ4v) is 2.40. The topological polar surface area (TPSA) is 79.5 Å². The van der Waals surface area contributed by atoms with Crippen molar-refractivity contribution in [2.24, 2.45) is 10.7 Å². The second kappa shape index (κ2) is 10.8. The third-order valence-electron chi connectivity index (χ3n) is 4.24. The number of nitrogens with one attached hydrogen (secondary N) is 2. The SMILES string of the molecule is CCC(C)c1ccc(NC(N)=NCc2ccc(C(=O)NC)cc2)cc1.I. The lowest BCUT2D eigenvalue weighted by molar-refractivity contribution is 0.0963. The summed E-state index contributed by atoms with van der Waals surface area (Å²) in [7, 11) is 1.61. The molecule has 0 heterocycles. The molecule has 4 N–H and O–H groups in total. The van der Waals surface area contributed by atoms with Crippen molar-refractivity contribution < 1.29 is 4.79 Å². The summed E-state index contributed by atoms with van der Waals surface area (Å²) < 4.78 is 0. The van der Waals surface area contributed by atoms with Gasteiger partial charge in [0.2, 0.25) is 0 Å². The Labute approximate surface area is 172 Å². The minimum absolute atomic E-state index is 0. The van der Waals surface area contributed by atoms with Crippen molar-refractivity contribution in [3.05, 3.63) is 65.2 Å². The largest absolute Gasteiger partial charge is 0.370 e. The number of carbonyl (C=O) groups is 1. The maximum atomic E-state index is 11.5. The summed E-state index contributed by atoms with van der Waals surface area (Å²) in [4.78, 5) is 15.9. The molecular formula is C20H27IN4O. The first kappa shape index (κ1) is 22.0. The first-order valence-electron chi connectivity index (χ1n) is 8.51. The highest BCUT2D eigenvalue weighted by Crippen LogP contribution is 2.20. The molecule has 140 valence electrons. The van der Waals surface area contributed by atoms with Crippen molar-refractivity contribution in [2.45, 2.75) is 32.7 Å². The molecule has 0 saturated heterocycles. The van der Waals surface area contributed by atoms with E-state index >= 15 is 0 Å². The maximum absolute atomic E-state index is 11.5. The Kier molecular flexibility index (Phi) is 9.12. The van der Waals surface area contributed by atoms with Crippen LogP contribution >= 0.6 is 24.0 Å². The summed E-state index contributed by atoms with van der Waals surface area (Å²) >= 11 is 0. The minimum atomic E-state index is -0.0999. The van der Waals surface area contributed by atoms with E-state index in [0.717, 1.165) is 17.7 Å². The molecular weight excluding hydrogens is 439 g/mol. The summed E-state index contributed by atoms with van der Waals surface area (Å²) in [6, 6.07) is 15.6. The van der Waals surface area contributed by atoms with Crippen LogP contribution in [0.1, 0.15) is 47.7 Å². The van der Waals surface area contributed by atoms with Gasteiger partial charge in [-0.1, -0.05) is 38.1 Å². The zero-order valence-corrected chi connectivity index (χ0v) is 17.8. The van der Waals surface area contributed by atoms with Crippen LogP contribution in [0.25, 0.3) is 0 Å². The lowest BCUT2D eigenvalue weighted by Gasteiger charge is -2.11. The number of carbonyl (C=O) groups excluding carboxylic acids is 1. The number of nitrogens with zero attached hydrogens (tertiary/aromatic N) is 1. The van der Waals surface area contributed by atoms with Crippen LogP contribution in [0, 0.1) is 0 Å². The lowest BCUT2D eigenvalue weighted by atomic mass is 9.99. The van der Waals surface area contributed by atoms with Gasteiger partial charge in [0.25, 0.3) is 5.91 Å².